The van der Waals surface area contributed by atoms with Crippen LogP contribution in [0.4, 0.5) is 0 Å². The summed E-state index contributed by atoms with van der Waals surface area (Å²) in [4.78, 5) is 41.2. The van der Waals surface area contributed by atoms with Crippen LogP contribution in [0.3, 0.4) is 0 Å². The van der Waals surface area contributed by atoms with Crippen LogP contribution in [0.2, 0.25) is 0 Å². The lowest BCUT2D eigenvalue weighted by Gasteiger charge is -2.11. The van der Waals surface area contributed by atoms with E-state index in [0.29, 0.717) is 0 Å². The third kappa shape index (κ3) is 28.8. The number of pyridine rings is 2. The van der Waals surface area contributed by atoms with Gasteiger partial charge in [-0.05, 0) is 156 Å². The van der Waals surface area contributed by atoms with E-state index >= 15 is 0 Å². The molecule has 0 aliphatic carbocycles. The Hall–Kier alpha value is -9.41. The highest BCUT2D eigenvalue weighted by molar-refractivity contribution is 7.11. The number of azo groups is 1. The standard InChI is InChI=1S/C8H12N2.2C8H8N2.C7H7N3.C7H10N2S.C7H8.C5H7N.C5H6O.C5H6S.C4H6N2.C4H5NO.C4H5NS/c2*1-7-6-10-5-3-2-4-8(10)9-7;1-7-6-9-8-4-2-3-5-10(7)8;1-6-5-10-4-2-3-8-7(10)9-6;1-5-9-6-2-3-8-4-7(6)10-5;1-7-5-3-2-4-6-7;3*1-5-3-2-4-6-5;1-4-2-3-5-6-4;1-4-2-6-3-5-4;1-4-2-5-3-6-4/h6H,2-5H2,1H3;2*2-6H,1H3;2-5H,1H3;8H,2-4H2,1H3;2-6H,1H3;3-4H,2H2,1H3;2*2-4H,1H3;2H,3H2,1H3;2*2-3H,1H3. The normalized spacial score (nSPS) is 12.3. The van der Waals surface area contributed by atoms with Crippen molar-refractivity contribution >= 4 is 57.3 Å². The molecule has 4 aliphatic rings. The van der Waals surface area contributed by atoms with E-state index in [1.807, 2.05) is 210 Å². The maximum Gasteiger partial charge on any atom is 0.233 e. The minimum atomic E-state index is 0.764. The number of thiazole rings is 2. The molecule has 16 heterocycles. The summed E-state index contributed by atoms with van der Waals surface area (Å²) >= 11 is 5.26. The average molecular weight is 1310 g/mol. The minimum absolute atomic E-state index is 0.764. The zero-order chi connectivity index (χ0) is 66.4. The third-order valence-electron chi connectivity index (χ3n) is 13.1. The quantitative estimate of drug-likeness (QED) is 0.152. The number of allylic oxidation sites excluding steroid dienone is 3. The SMILES string of the molecule is CC1=CCC=N1.CC1=CCN=N1.Cc1ccccc1.Cc1ccco1.Cc1cccs1.Cc1cn2c(n1)CCCC2.Cc1cn2ccccc2n1.Cc1cn2cccnc2n1.Cc1cnc2ccccn12.Cc1cncs1.Cc1cocn1.Cc1nc2c(s1)CNCC2. The van der Waals surface area contributed by atoms with Crippen molar-refractivity contribution in [1.82, 2.24) is 63.0 Å². The summed E-state index contributed by atoms with van der Waals surface area (Å²) in [7, 11) is 0. The molecule has 18 nitrogen and oxygen atoms in total. The van der Waals surface area contributed by atoms with Crippen molar-refractivity contribution < 1.29 is 8.83 Å². The highest BCUT2D eigenvalue weighted by atomic mass is 32.1. The van der Waals surface area contributed by atoms with Gasteiger partial charge < -0.3 is 27.5 Å². The molecule has 0 unspecified atom stereocenters. The molecule has 17 rings (SSSR count). The number of furan rings is 1. The Balaban J connectivity index is 0.000000162. The zero-order valence-electron chi connectivity index (χ0n) is 55.7. The first-order valence-electron chi connectivity index (χ1n) is 30.8. The van der Waals surface area contributed by atoms with Gasteiger partial charge in [-0.1, -0.05) is 60.2 Å². The van der Waals surface area contributed by atoms with Crippen molar-refractivity contribution in [2.45, 2.75) is 128 Å². The van der Waals surface area contributed by atoms with Crippen LogP contribution in [-0.4, -0.2) is 76.9 Å². The molecule has 13 aromatic rings. The van der Waals surface area contributed by atoms with Crippen LogP contribution in [0.1, 0.15) is 104 Å². The van der Waals surface area contributed by atoms with Gasteiger partial charge in [0.25, 0.3) is 0 Å². The number of benzene rings is 1. The Morgan fingerprint density at radius 1 is 0.602 bits per heavy atom. The van der Waals surface area contributed by atoms with E-state index in [1.54, 1.807) is 41.4 Å². The van der Waals surface area contributed by atoms with Crippen molar-refractivity contribution in [3.63, 3.8) is 0 Å². The second-order valence-corrected chi connectivity index (χ2v) is 24.9. The minimum Gasteiger partial charge on any atom is -0.470 e. The fourth-order valence-corrected chi connectivity index (χ4v) is 10.4. The van der Waals surface area contributed by atoms with E-state index in [4.69, 9.17) is 4.42 Å². The number of aromatic nitrogens is 12. The molecule has 93 heavy (non-hydrogen) atoms. The molecule has 0 bridgehead atoms. The van der Waals surface area contributed by atoms with Crippen LogP contribution in [0.25, 0.3) is 17.1 Å². The van der Waals surface area contributed by atoms with E-state index in [0.717, 1.165) is 89.5 Å². The Morgan fingerprint density at radius 2 is 1.37 bits per heavy atom. The number of fused-ring (bicyclic) bond motifs is 5. The first-order valence-corrected chi connectivity index (χ1v) is 33.3. The number of nitrogens with one attached hydrogen (secondary N) is 1. The van der Waals surface area contributed by atoms with Crippen LogP contribution in [0.5, 0.6) is 0 Å². The number of hydrogen-bond donors (Lipinski definition) is 1. The fourth-order valence-electron chi connectivity index (χ4n) is 8.53. The van der Waals surface area contributed by atoms with E-state index in [9.17, 15) is 0 Å². The number of nitrogens with zero attached hydrogens (tertiary/aromatic N) is 15. The van der Waals surface area contributed by atoms with Crippen molar-refractivity contribution in [2.75, 3.05) is 13.1 Å². The predicted octanol–water partition coefficient (Wildman–Crippen LogP) is 17.7. The summed E-state index contributed by atoms with van der Waals surface area (Å²) in [6.45, 7) is 28.2. The Kier molecular flexibility index (Phi) is 32.1. The van der Waals surface area contributed by atoms with Crippen molar-refractivity contribution in [3.05, 3.63) is 277 Å². The highest BCUT2D eigenvalue weighted by Gasteiger charge is 2.12. The summed E-state index contributed by atoms with van der Waals surface area (Å²) in [5.74, 6) is 3.01. The van der Waals surface area contributed by atoms with Crippen LogP contribution in [0.15, 0.2) is 230 Å². The zero-order valence-corrected chi connectivity index (χ0v) is 58.1. The molecule has 0 radical (unpaired) electrons. The topological polar surface area (TPSA) is 197 Å². The van der Waals surface area contributed by atoms with E-state index in [1.165, 1.54) is 74.6 Å². The molecule has 0 saturated carbocycles. The molecule has 21 heteroatoms. The maximum atomic E-state index is 4.83. The maximum absolute atomic E-state index is 4.83. The van der Waals surface area contributed by atoms with Crippen molar-refractivity contribution in [1.29, 1.82) is 0 Å². The molecule has 1 aromatic carbocycles. The molecule has 486 valence electrons. The molecule has 0 saturated heterocycles. The lowest BCUT2D eigenvalue weighted by Crippen LogP contribution is -2.22. The van der Waals surface area contributed by atoms with Crippen LogP contribution in [-0.2, 0) is 25.9 Å². The third-order valence-corrected chi connectivity index (χ3v) is 15.6. The number of aryl methyl sites for hydroxylation is 12. The molecule has 4 aliphatic heterocycles. The first kappa shape index (κ1) is 72.7. The Morgan fingerprint density at radius 3 is 1.87 bits per heavy atom. The second-order valence-electron chi connectivity index (χ2n) is 21.4. The molecular weight excluding hydrogens is 1220 g/mol. The van der Waals surface area contributed by atoms with Gasteiger partial charge in [-0.2, -0.15) is 10.2 Å². The van der Waals surface area contributed by atoms with Gasteiger partial charge in [0.05, 0.1) is 57.5 Å². The van der Waals surface area contributed by atoms with E-state index in [-0.39, 0.29) is 0 Å². The van der Waals surface area contributed by atoms with E-state index in [2.05, 4.69) is 143 Å². The van der Waals surface area contributed by atoms with E-state index < -0.39 is 0 Å². The van der Waals surface area contributed by atoms with Crippen molar-refractivity contribution in [3.8, 4) is 0 Å². The van der Waals surface area contributed by atoms with Gasteiger partial charge in [-0.3, -0.25) is 14.4 Å². The van der Waals surface area contributed by atoms with Crippen LogP contribution in [0, 0.1) is 69.2 Å². The average Bonchev–Trinajstić information content (AvgIpc) is 1.91. The number of imidazole rings is 4. The van der Waals surface area contributed by atoms with Gasteiger partial charge >= 0.3 is 0 Å². The number of aliphatic imine (C=N–C) groups is 1. The Labute approximate surface area is 559 Å². The smallest absolute Gasteiger partial charge is 0.233 e. The van der Waals surface area contributed by atoms with Gasteiger partial charge in [0.1, 0.15) is 29.1 Å². The lowest BCUT2D eigenvalue weighted by molar-refractivity contribution is 0.522. The van der Waals surface area contributed by atoms with Crippen molar-refractivity contribution in [2.24, 2.45) is 15.2 Å². The summed E-state index contributed by atoms with van der Waals surface area (Å²) in [5.41, 5.74) is 14.0. The fraction of sp³-hybridized carbons (Fsp3) is 0.292. The summed E-state index contributed by atoms with van der Waals surface area (Å²) in [6, 6.07) is 32.0. The highest BCUT2D eigenvalue weighted by Crippen LogP contribution is 2.20. The second kappa shape index (κ2) is 41.1. The number of thiophene rings is 1. The van der Waals surface area contributed by atoms with Gasteiger partial charge in [0, 0.05) is 127 Å². The molecule has 0 atom stereocenters. The lowest BCUT2D eigenvalue weighted by atomic mass is 10.2. The summed E-state index contributed by atoms with van der Waals surface area (Å²) < 4.78 is 17.7. The van der Waals surface area contributed by atoms with Gasteiger partial charge in [-0.25, -0.2) is 34.9 Å². The number of rotatable bonds is 0. The predicted molar refractivity (Wildman–Crippen MR) is 382 cm³/mol. The molecular formula is C72H88N16O2S3. The molecule has 0 spiro atoms. The summed E-state index contributed by atoms with van der Waals surface area (Å²) in [5, 5.41) is 14.0. The first-order chi connectivity index (χ1) is 45.1. The molecule has 0 amide bonds. The van der Waals surface area contributed by atoms with Crippen LogP contribution >= 0.6 is 34.0 Å². The summed E-state index contributed by atoms with van der Waals surface area (Å²) in [6.07, 6.45) is 34.1. The largest absolute Gasteiger partial charge is 0.470 e. The van der Waals surface area contributed by atoms with Gasteiger partial charge in [0.15, 0.2) is 6.39 Å². The Bertz CT molecular complexity index is 3800. The molecule has 12 aromatic heterocycles. The monoisotopic (exact) mass is 1300 g/mol. The number of oxazole rings is 1. The van der Waals surface area contributed by atoms with Gasteiger partial charge in [-0.15, -0.1) is 34.0 Å². The van der Waals surface area contributed by atoms with Crippen LogP contribution < -0.4 is 5.32 Å². The molecule has 0 fully saturated rings. The number of hydrogen-bond acceptors (Lipinski definition) is 17. The van der Waals surface area contributed by atoms with Gasteiger partial charge in [0.2, 0.25) is 5.78 Å². The molecule has 1 N–H and O–H groups in total.